The van der Waals surface area contributed by atoms with Crippen LogP contribution in [0.15, 0.2) is 0 Å². The van der Waals surface area contributed by atoms with E-state index in [0.29, 0.717) is 13.0 Å². The molecule has 0 rings (SSSR count). The first kappa shape index (κ1) is 26.4. The molecule has 0 amide bonds. The first-order chi connectivity index (χ1) is 13.2. The van der Waals surface area contributed by atoms with Crippen LogP contribution in [-0.4, -0.2) is 37.4 Å². The topological polar surface area (TPSA) is 58.6 Å². The summed E-state index contributed by atoms with van der Waals surface area (Å²) >= 11 is 0. The van der Waals surface area contributed by atoms with Crippen LogP contribution in [0.1, 0.15) is 110 Å². The molecule has 0 atom stereocenters. The monoisotopic (exact) mass is 385 g/mol. The molecule has 0 heterocycles. The highest BCUT2D eigenvalue weighted by molar-refractivity contribution is 5.69. The van der Waals surface area contributed by atoms with E-state index in [0.717, 1.165) is 57.5 Å². The fourth-order valence-corrected chi connectivity index (χ4v) is 3.16. The molecule has 0 saturated carbocycles. The van der Waals surface area contributed by atoms with Crippen molar-refractivity contribution in [2.24, 2.45) is 5.92 Å². The quantitative estimate of drug-likeness (QED) is 0.199. The van der Waals surface area contributed by atoms with Crippen molar-refractivity contribution in [1.82, 2.24) is 5.32 Å². The number of esters is 1. The van der Waals surface area contributed by atoms with Gasteiger partial charge in [0.05, 0.1) is 6.61 Å². The summed E-state index contributed by atoms with van der Waals surface area (Å²) in [6, 6.07) is 0. The normalized spacial score (nSPS) is 11.3. The van der Waals surface area contributed by atoms with Crippen molar-refractivity contribution in [3.8, 4) is 0 Å². The van der Waals surface area contributed by atoms with Gasteiger partial charge in [-0.15, -0.1) is 0 Å². The van der Waals surface area contributed by atoms with Gasteiger partial charge < -0.3 is 15.2 Å². The number of carbonyl (C=O) groups excluding carboxylic acids is 1. The molecule has 0 aromatic heterocycles. The molecular weight excluding hydrogens is 338 g/mol. The molecular formula is C23H47NO3. The lowest BCUT2D eigenvalue weighted by Crippen LogP contribution is -2.17. The lowest BCUT2D eigenvalue weighted by atomic mass is 10.0. The van der Waals surface area contributed by atoms with Gasteiger partial charge in [-0.1, -0.05) is 71.6 Å². The highest BCUT2D eigenvalue weighted by atomic mass is 16.5. The summed E-state index contributed by atoms with van der Waals surface area (Å²) in [5.41, 5.74) is 0. The lowest BCUT2D eigenvalue weighted by molar-refractivity contribution is -0.143. The summed E-state index contributed by atoms with van der Waals surface area (Å²) < 4.78 is 5.32. The molecule has 2 N–H and O–H groups in total. The predicted octanol–water partition coefficient (Wildman–Crippen LogP) is 5.62. The van der Waals surface area contributed by atoms with Gasteiger partial charge in [0, 0.05) is 13.0 Å². The Morgan fingerprint density at radius 3 is 1.96 bits per heavy atom. The molecule has 0 fully saturated rings. The molecule has 0 aromatic rings. The number of aliphatic hydroxyl groups is 1. The van der Waals surface area contributed by atoms with E-state index >= 15 is 0 Å². The second-order valence-electron chi connectivity index (χ2n) is 8.22. The van der Waals surface area contributed by atoms with E-state index in [4.69, 9.17) is 9.84 Å². The average Bonchev–Trinajstić information content (AvgIpc) is 2.64. The third-order valence-electron chi connectivity index (χ3n) is 4.93. The van der Waals surface area contributed by atoms with Crippen LogP contribution >= 0.6 is 0 Å². The summed E-state index contributed by atoms with van der Waals surface area (Å²) in [6.45, 7) is 7.45. The first-order valence-electron chi connectivity index (χ1n) is 11.6. The third kappa shape index (κ3) is 23.4. The van der Waals surface area contributed by atoms with E-state index in [1.807, 2.05) is 0 Å². The molecule has 0 spiro atoms. The Morgan fingerprint density at radius 1 is 0.778 bits per heavy atom. The second kappa shape index (κ2) is 21.7. The van der Waals surface area contributed by atoms with E-state index in [1.165, 1.54) is 51.4 Å². The Balaban J connectivity index is 3.15. The minimum absolute atomic E-state index is 0.0314. The van der Waals surface area contributed by atoms with Crippen LogP contribution in [0.3, 0.4) is 0 Å². The fourth-order valence-electron chi connectivity index (χ4n) is 3.16. The minimum atomic E-state index is -0.0314. The summed E-state index contributed by atoms with van der Waals surface area (Å²) in [4.78, 5) is 11.7. The third-order valence-corrected chi connectivity index (χ3v) is 4.93. The standard InChI is InChI=1S/C23H47NO3/c1-22(2)16-10-7-5-3-4-6-8-15-21-27-23(26)17-11-9-12-18-24-19-13-14-20-25/h22,24-25H,3-21H2,1-2H3. The lowest BCUT2D eigenvalue weighted by Gasteiger charge is -2.06. The maximum atomic E-state index is 11.7. The van der Waals surface area contributed by atoms with E-state index in [9.17, 15) is 4.79 Å². The zero-order valence-corrected chi connectivity index (χ0v) is 18.3. The van der Waals surface area contributed by atoms with E-state index in [1.54, 1.807) is 0 Å². The molecule has 0 unspecified atom stereocenters. The number of rotatable bonds is 21. The van der Waals surface area contributed by atoms with Gasteiger partial charge >= 0.3 is 5.97 Å². The predicted molar refractivity (Wildman–Crippen MR) is 115 cm³/mol. The summed E-state index contributed by atoms with van der Waals surface area (Å²) in [5, 5.41) is 12.0. The average molecular weight is 386 g/mol. The molecule has 0 saturated heterocycles. The van der Waals surface area contributed by atoms with Crippen LogP contribution in [0.2, 0.25) is 0 Å². The molecule has 0 bridgehead atoms. The number of ether oxygens (including phenoxy) is 1. The van der Waals surface area contributed by atoms with Gasteiger partial charge in [-0.25, -0.2) is 0 Å². The Labute approximate surface area is 168 Å². The highest BCUT2D eigenvalue weighted by Crippen LogP contribution is 2.12. The second-order valence-corrected chi connectivity index (χ2v) is 8.22. The van der Waals surface area contributed by atoms with Crippen molar-refractivity contribution < 1.29 is 14.6 Å². The number of unbranched alkanes of at least 4 members (excludes halogenated alkanes) is 10. The van der Waals surface area contributed by atoms with Gasteiger partial charge in [0.1, 0.15) is 0 Å². The number of nitrogens with one attached hydrogen (secondary N) is 1. The highest BCUT2D eigenvalue weighted by Gasteiger charge is 2.02. The minimum Gasteiger partial charge on any atom is -0.466 e. The fraction of sp³-hybridized carbons (Fsp3) is 0.957. The molecule has 0 radical (unpaired) electrons. The molecule has 162 valence electrons. The van der Waals surface area contributed by atoms with Crippen LogP contribution in [0.4, 0.5) is 0 Å². The Hall–Kier alpha value is -0.610. The van der Waals surface area contributed by atoms with Crippen molar-refractivity contribution in [2.45, 2.75) is 110 Å². The van der Waals surface area contributed by atoms with Crippen LogP contribution in [0, 0.1) is 5.92 Å². The van der Waals surface area contributed by atoms with Gasteiger partial charge in [-0.3, -0.25) is 4.79 Å². The van der Waals surface area contributed by atoms with Gasteiger partial charge in [-0.05, 0) is 51.1 Å². The van der Waals surface area contributed by atoms with Crippen molar-refractivity contribution in [3.63, 3.8) is 0 Å². The summed E-state index contributed by atoms with van der Waals surface area (Å²) in [7, 11) is 0. The van der Waals surface area contributed by atoms with Crippen molar-refractivity contribution >= 4 is 5.97 Å². The first-order valence-corrected chi connectivity index (χ1v) is 11.6. The molecule has 0 aliphatic carbocycles. The van der Waals surface area contributed by atoms with Crippen LogP contribution in [-0.2, 0) is 9.53 Å². The van der Waals surface area contributed by atoms with E-state index in [-0.39, 0.29) is 12.6 Å². The smallest absolute Gasteiger partial charge is 0.305 e. The molecule has 4 nitrogen and oxygen atoms in total. The van der Waals surface area contributed by atoms with Gasteiger partial charge in [0.25, 0.3) is 0 Å². The van der Waals surface area contributed by atoms with E-state index < -0.39 is 0 Å². The molecule has 0 aromatic carbocycles. The van der Waals surface area contributed by atoms with Crippen LogP contribution in [0.5, 0.6) is 0 Å². The molecule has 4 heteroatoms. The number of carbonyl (C=O) groups is 1. The van der Waals surface area contributed by atoms with Crippen molar-refractivity contribution in [2.75, 3.05) is 26.3 Å². The largest absolute Gasteiger partial charge is 0.466 e. The van der Waals surface area contributed by atoms with E-state index in [2.05, 4.69) is 19.2 Å². The Bertz CT molecular complexity index is 308. The maximum Gasteiger partial charge on any atom is 0.305 e. The van der Waals surface area contributed by atoms with Crippen molar-refractivity contribution in [1.29, 1.82) is 0 Å². The number of aliphatic hydroxyl groups excluding tert-OH is 1. The molecule has 27 heavy (non-hydrogen) atoms. The summed E-state index contributed by atoms with van der Waals surface area (Å²) in [5.74, 6) is 0.814. The SMILES string of the molecule is CC(C)CCCCCCCCCCOC(=O)CCCCCNCCCCO. The van der Waals surface area contributed by atoms with Crippen molar-refractivity contribution in [3.05, 3.63) is 0 Å². The van der Waals surface area contributed by atoms with Crippen LogP contribution in [0.25, 0.3) is 0 Å². The van der Waals surface area contributed by atoms with Crippen LogP contribution < -0.4 is 5.32 Å². The molecule has 0 aliphatic rings. The zero-order chi connectivity index (χ0) is 20.0. The zero-order valence-electron chi connectivity index (χ0n) is 18.3. The number of hydrogen-bond donors (Lipinski definition) is 2. The molecule has 0 aliphatic heterocycles. The van der Waals surface area contributed by atoms with Gasteiger partial charge in [-0.2, -0.15) is 0 Å². The van der Waals surface area contributed by atoms with Gasteiger partial charge in [0.15, 0.2) is 0 Å². The van der Waals surface area contributed by atoms with Gasteiger partial charge in [0.2, 0.25) is 0 Å². The number of hydrogen-bond acceptors (Lipinski definition) is 4. The summed E-state index contributed by atoms with van der Waals surface area (Å²) in [6.07, 6.45) is 17.2. The maximum absolute atomic E-state index is 11.7. The Kier molecular flexibility index (Phi) is 21.2. The Morgan fingerprint density at radius 2 is 1.33 bits per heavy atom.